The van der Waals surface area contributed by atoms with Crippen LogP contribution in [0.3, 0.4) is 0 Å². The number of nitrogens with zero attached hydrogens (tertiary/aromatic N) is 3. The van der Waals surface area contributed by atoms with Crippen LogP contribution in [0.5, 0.6) is 0 Å². The molecule has 2 heterocycles. The number of rotatable bonds is 3. The molecule has 0 spiro atoms. The summed E-state index contributed by atoms with van der Waals surface area (Å²) in [7, 11) is 0. The second kappa shape index (κ2) is 6.05. The average Bonchev–Trinajstić information content (AvgIpc) is 2.89. The topological polar surface area (TPSA) is 71.3 Å². The van der Waals surface area contributed by atoms with Crippen LogP contribution in [0.2, 0.25) is 0 Å². The molecular weight excluding hydrogens is 311 g/mol. The van der Waals surface area contributed by atoms with Crippen LogP contribution in [-0.2, 0) is 4.79 Å². The first kappa shape index (κ1) is 15.6. The molecule has 6 nitrogen and oxygen atoms in total. The summed E-state index contributed by atoms with van der Waals surface area (Å²) < 4.78 is 38.0. The zero-order chi connectivity index (χ0) is 16.4. The molecular formula is C14H16F3N5O. The predicted octanol–water partition coefficient (Wildman–Crippen LogP) is 2.97. The van der Waals surface area contributed by atoms with Crippen molar-refractivity contribution in [2.75, 3.05) is 10.6 Å². The Hall–Kier alpha value is -2.32. The number of aromatic nitrogens is 3. The first-order chi connectivity index (χ1) is 10.9. The predicted molar refractivity (Wildman–Crippen MR) is 78.2 cm³/mol. The lowest BCUT2D eigenvalue weighted by molar-refractivity contribution is -0.167. The van der Waals surface area contributed by atoms with Gasteiger partial charge in [0.15, 0.2) is 5.65 Å². The van der Waals surface area contributed by atoms with Gasteiger partial charge in [-0.05, 0) is 18.9 Å². The van der Waals surface area contributed by atoms with E-state index in [9.17, 15) is 18.0 Å². The lowest BCUT2D eigenvalue weighted by Crippen LogP contribution is -2.30. The number of nitrogens with one attached hydrogen (secondary N) is 2. The van der Waals surface area contributed by atoms with Gasteiger partial charge in [0.2, 0.25) is 5.95 Å². The van der Waals surface area contributed by atoms with Crippen molar-refractivity contribution in [3.05, 3.63) is 18.3 Å². The van der Waals surface area contributed by atoms with Gasteiger partial charge >= 0.3 is 12.1 Å². The van der Waals surface area contributed by atoms with Crippen LogP contribution in [0.1, 0.15) is 32.1 Å². The minimum Gasteiger partial charge on any atom is -0.382 e. The highest BCUT2D eigenvalue weighted by Gasteiger charge is 2.39. The van der Waals surface area contributed by atoms with E-state index in [4.69, 9.17) is 0 Å². The first-order valence-electron chi connectivity index (χ1n) is 7.43. The second-order valence-electron chi connectivity index (χ2n) is 5.58. The van der Waals surface area contributed by atoms with Crippen LogP contribution in [-0.4, -0.2) is 32.7 Å². The fraction of sp³-hybridized carbons (Fsp3) is 0.500. The molecule has 1 aliphatic rings. The Kier molecular flexibility index (Phi) is 4.10. The van der Waals surface area contributed by atoms with Gasteiger partial charge in [-0.25, -0.2) is 4.52 Å². The smallest absolute Gasteiger partial charge is 0.382 e. The number of fused-ring (bicyclic) bond motifs is 1. The zero-order valence-corrected chi connectivity index (χ0v) is 12.2. The SMILES string of the molecule is O=C(Nc1nc2cc(NC3CCCCC3)ccn2n1)C(F)(F)F. The molecule has 1 amide bonds. The highest BCUT2D eigenvalue weighted by molar-refractivity contribution is 5.93. The van der Waals surface area contributed by atoms with Crippen molar-refractivity contribution < 1.29 is 18.0 Å². The molecule has 2 aromatic heterocycles. The van der Waals surface area contributed by atoms with Gasteiger partial charge < -0.3 is 5.32 Å². The van der Waals surface area contributed by atoms with Crippen LogP contribution in [0.4, 0.5) is 24.8 Å². The van der Waals surface area contributed by atoms with Crippen molar-refractivity contribution in [1.29, 1.82) is 0 Å². The summed E-state index contributed by atoms with van der Waals surface area (Å²) in [5.41, 5.74) is 1.20. The third-order valence-corrected chi connectivity index (χ3v) is 3.80. The molecule has 1 fully saturated rings. The summed E-state index contributed by atoms with van der Waals surface area (Å²) in [4.78, 5) is 14.8. The normalized spacial score (nSPS) is 16.5. The van der Waals surface area contributed by atoms with Gasteiger partial charge in [-0.3, -0.25) is 10.1 Å². The van der Waals surface area contributed by atoms with Crippen LogP contribution < -0.4 is 10.6 Å². The minimum absolute atomic E-state index is 0.364. The fourth-order valence-electron chi connectivity index (χ4n) is 2.68. The summed E-state index contributed by atoms with van der Waals surface area (Å²) in [6.45, 7) is 0. The van der Waals surface area contributed by atoms with Crippen LogP contribution >= 0.6 is 0 Å². The van der Waals surface area contributed by atoms with Crippen molar-refractivity contribution >= 4 is 23.2 Å². The number of hydrogen-bond donors (Lipinski definition) is 2. The van der Waals surface area contributed by atoms with E-state index in [2.05, 4.69) is 15.4 Å². The quantitative estimate of drug-likeness (QED) is 0.909. The Morgan fingerprint density at radius 1 is 1.26 bits per heavy atom. The molecule has 124 valence electrons. The van der Waals surface area contributed by atoms with E-state index < -0.39 is 12.1 Å². The largest absolute Gasteiger partial charge is 0.471 e. The number of carbonyl (C=O) groups is 1. The minimum atomic E-state index is -4.97. The van der Waals surface area contributed by atoms with E-state index >= 15 is 0 Å². The molecule has 9 heteroatoms. The maximum atomic E-state index is 12.2. The van der Waals surface area contributed by atoms with Crippen LogP contribution in [0.25, 0.3) is 5.65 Å². The van der Waals surface area contributed by atoms with Gasteiger partial charge in [0.05, 0.1) is 0 Å². The van der Waals surface area contributed by atoms with Gasteiger partial charge in [0.25, 0.3) is 0 Å². The number of hydrogen-bond acceptors (Lipinski definition) is 4. The Morgan fingerprint density at radius 2 is 2.00 bits per heavy atom. The van der Waals surface area contributed by atoms with Crippen LogP contribution in [0.15, 0.2) is 18.3 Å². The van der Waals surface area contributed by atoms with Crippen molar-refractivity contribution in [3.8, 4) is 0 Å². The van der Waals surface area contributed by atoms with Gasteiger partial charge in [0.1, 0.15) is 0 Å². The molecule has 0 saturated heterocycles. The van der Waals surface area contributed by atoms with E-state index in [-0.39, 0.29) is 5.95 Å². The van der Waals surface area contributed by atoms with Crippen molar-refractivity contribution in [1.82, 2.24) is 14.6 Å². The molecule has 0 bridgehead atoms. The number of anilines is 2. The van der Waals surface area contributed by atoms with Gasteiger partial charge in [-0.1, -0.05) is 19.3 Å². The Morgan fingerprint density at radius 3 is 2.70 bits per heavy atom. The monoisotopic (exact) mass is 327 g/mol. The van der Waals surface area contributed by atoms with Gasteiger partial charge in [0, 0.05) is 24.0 Å². The number of alkyl halides is 3. The molecule has 0 atom stereocenters. The molecule has 0 radical (unpaired) electrons. The molecule has 3 rings (SSSR count). The first-order valence-corrected chi connectivity index (χ1v) is 7.43. The van der Waals surface area contributed by atoms with Crippen molar-refractivity contribution in [2.24, 2.45) is 0 Å². The maximum Gasteiger partial charge on any atom is 0.471 e. The third kappa shape index (κ3) is 3.72. The fourth-order valence-corrected chi connectivity index (χ4v) is 2.68. The zero-order valence-electron chi connectivity index (χ0n) is 12.2. The van der Waals surface area contributed by atoms with E-state index in [1.54, 1.807) is 23.6 Å². The number of halogens is 3. The summed E-state index contributed by atoms with van der Waals surface area (Å²) >= 11 is 0. The Balaban J connectivity index is 1.74. The van der Waals surface area contributed by atoms with Gasteiger partial charge in [-0.2, -0.15) is 18.2 Å². The lowest BCUT2D eigenvalue weighted by Gasteiger charge is -2.23. The van der Waals surface area contributed by atoms with Crippen LogP contribution in [0, 0.1) is 0 Å². The molecule has 0 unspecified atom stereocenters. The van der Waals surface area contributed by atoms with Gasteiger partial charge in [-0.15, -0.1) is 5.10 Å². The maximum absolute atomic E-state index is 12.2. The Bertz CT molecular complexity index is 706. The summed E-state index contributed by atoms with van der Waals surface area (Å²) in [6.07, 6.45) is 2.47. The molecule has 0 aliphatic heterocycles. The third-order valence-electron chi connectivity index (χ3n) is 3.80. The van der Waals surface area contributed by atoms with E-state index in [0.29, 0.717) is 11.7 Å². The van der Waals surface area contributed by atoms with E-state index in [1.807, 2.05) is 0 Å². The number of amides is 1. The number of carbonyl (C=O) groups excluding carboxylic acids is 1. The van der Waals surface area contributed by atoms with Crippen molar-refractivity contribution in [3.63, 3.8) is 0 Å². The lowest BCUT2D eigenvalue weighted by atomic mass is 9.95. The highest BCUT2D eigenvalue weighted by atomic mass is 19.4. The summed E-state index contributed by atoms with van der Waals surface area (Å²) in [5.74, 6) is -2.46. The molecule has 2 N–H and O–H groups in total. The molecule has 1 aliphatic carbocycles. The number of pyridine rings is 1. The summed E-state index contributed by atoms with van der Waals surface area (Å²) in [5, 5.41) is 8.84. The highest BCUT2D eigenvalue weighted by Crippen LogP contribution is 2.22. The molecule has 2 aromatic rings. The summed E-state index contributed by atoms with van der Waals surface area (Å²) in [6, 6.07) is 3.88. The standard InChI is InChI=1S/C14H16F3N5O/c15-14(16,17)12(23)20-13-19-11-8-10(6-7-22(11)21-13)18-9-4-2-1-3-5-9/h6-9,18H,1-5H2,(H,20,21,23). The second-order valence-corrected chi connectivity index (χ2v) is 5.58. The Labute approximate surface area is 130 Å². The van der Waals surface area contributed by atoms with E-state index in [0.717, 1.165) is 18.5 Å². The molecule has 23 heavy (non-hydrogen) atoms. The average molecular weight is 327 g/mol. The molecule has 1 saturated carbocycles. The van der Waals surface area contributed by atoms with E-state index in [1.165, 1.54) is 23.8 Å². The van der Waals surface area contributed by atoms with Crippen molar-refractivity contribution in [2.45, 2.75) is 44.3 Å². The molecule has 0 aromatic carbocycles.